The van der Waals surface area contributed by atoms with Crippen molar-refractivity contribution in [2.45, 2.75) is 37.5 Å². The summed E-state index contributed by atoms with van der Waals surface area (Å²) in [5.41, 5.74) is -2.06. The van der Waals surface area contributed by atoms with Gasteiger partial charge in [-0.15, -0.1) is 0 Å². The molecule has 154 valence electrons. The summed E-state index contributed by atoms with van der Waals surface area (Å²) in [6, 6.07) is 0.282. The Kier molecular flexibility index (Phi) is 4.13. The second kappa shape index (κ2) is 6.48. The van der Waals surface area contributed by atoms with E-state index in [0.29, 0.717) is 13.1 Å². The average Bonchev–Trinajstić information content (AvgIpc) is 3.24. The highest BCUT2D eigenvalue weighted by atomic mass is 19.1. The quantitative estimate of drug-likeness (QED) is 0.818. The number of nitrogens with one attached hydrogen (secondary N) is 1. The summed E-state index contributed by atoms with van der Waals surface area (Å²) in [6.45, 7) is 1.80. The minimum Gasteiger partial charge on any atom is -0.477 e. The van der Waals surface area contributed by atoms with Crippen LogP contribution in [0, 0.1) is 17.6 Å². The molecule has 0 spiro atoms. The van der Waals surface area contributed by atoms with Crippen LogP contribution in [0.25, 0.3) is 10.9 Å². The van der Waals surface area contributed by atoms with E-state index < -0.39 is 40.8 Å². The van der Waals surface area contributed by atoms with Gasteiger partial charge >= 0.3 is 5.97 Å². The first-order valence-electron chi connectivity index (χ1n) is 9.79. The number of pyridine rings is 1. The molecule has 29 heavy (non-hydrogen) atoms. The summed E-state index contributed by atoms with van der Waals surface area (Å²) >= 11 is 0. The third kappa shape index (κ3) is 2.82. The van der Waals surface area contributed by atoms with Gasteiger partial charge in [0.25, 0.3) is 0 Å². The van der Waals surface area contributed by atoms with Crippen LogP contribution in [0.15, 0.2) is 17.1 Å². The Balaban J connectivity index is 1.70. The van der Waals surface area contributed by atoms with Gasteiger partial charge in [-0.25, -0.2) is 18.0 Å². The molecule has 4 atom stereocenters. The number of carbonyl (C=O) groups is 1. The van der Waals surface area contributed by atoms with E-state index in [4.69, 9.17) is 0 Å². The van der Waals surface area contributed by atoms with Crippen molar-refractivity contribution in [2.24, 2.45) is 5.92 Å². The number of rotatable bonds is 3. The summed E-state index contributed by atoms with van der Waals surface area (Å²) in [5, 5.41) is 12.3. The van der Waals surface area contributed by atoms with E-state index in [1.165, 1.54) is 0 Å². The molecule has 3 heterocycles. The highest BCUT2D eigenvalue weighted by Crippen LogP contribution is 2.43. The molecule has 3 aliphatic rings. The van der Waals surface area contributed by atoms with Crippen LogP contribution in [0.3, 0.4) is 0 Å². The van der Waals surface area contributed by atoms with Crippen LogP contribution >= 0.6 is 0 Å². The minimum absolute atomic E-state index is 0.0982. The van der Waals surface area contributed by atoms with Crippen LogP contribution in [0.5, 0.6) is 0 Å². The predicted molar refractivity (Wildman–Crippen MR) is 100 cm³/mol. The zero-order valence-corrected chi connectivity index (χ0v) is 15.5. The lowest BCUT2D eigenvalue weighted by molar-refractivity contribution is 0.0694. The summed E-state index contributed by atoms with van der Waals surface area (Å²) in [6.07, 6.45) is 1.81. The van der Waals surface area contributed by atoms with Gasteiger partial charge in [-0.3, -0.25) is 4.79 Å². The molecule has 1 saturated carbocycles. The third-order valence-electron chi connectivity index (χ3n) is 6.37. The van der Waals surface area contributed by atoms with Gasteiger partial charge in [0, 0.05) is 31.7 Å². The van der Waals surface area contributed by atoms with Crippen LogP contribution in [0.1, 0.15) is 35.7 Å². The van der Waals surface area contributed by atoms with Crippen molar-refractivity contribution in [3.05, 3.63) is 39.7 Å². The lowest BCUT2D eigenvalue weighted by Crippen LogP contribution is -2.40. The molecule has 2 N–H and O–H groups in total. The fourth-order valence-corrected chi connectivity index (χ4v) is 4.80. The number of aromatic carboxylic acids is 1. The van der Waals surface area contributed by atoms with Crippen molar-refractivity contribution >= 4 is 22.6 Å². The van der Waals surface area contributed by atoms with Crippen molar-refractivity contribution in [2.75, 3.05) is 24.5 Å². The molecule has 3 fully saturated rings. The van der Waals surface area contributed by atoms with E-state index in [1.54, 1.807) is 4.90 Å². The largest absolute Gasteiger partial charge is 0.477 e. The minimum atomic E-state index is -1.51. The number of hydrogen-bond donors (Lipinski definition) is 2. The van der Waals surface area contributed by atoms with Gasteiger partial charge < -0.3 is 19.9 Å². The molecule has 1 aromatic heterocycles. The van der Waals surface area contributed by atoms with Crippen molar-refractivity contribution in [1.29, 1.82) is 0 Å². The SMILES string of the molecule is O=C(O)c1cn([C@@H]2C[C@@H]2F)c2c(F)c(N3CC4CCCNC4C3)c(F)cc2c1=O. The van der Waals surface area contributed by atoms with Crippen LogP contribution in [-0.2, 0) is 0 Å². The summed E-state index contributed by atoms with van der Waals surface area (Å²) in [5.74, 6) is -3.08. The third-order valence-corrected chi connectivity index (χ3v) is 6.37. The summed E-state index contributed by atoms with van der Waals surface area (Å²) < 4.78 is 45.5. The highest BCUT2D eigenvalue weighted by molar-refractivity contribution is 5.94. The first-order valence-corrected chi connectivity index (χ1v) is 9.79. The van der Waals surface area contributed by atoms with E-state index >= 15 is 4.39 Å². The number of aromatic nitrogens is 1. The van der Waals surface area contributed by atoms with Crippen molar-refractivity contribution in [3.63, 3.8) is 0 Å². The Morgan fingerprint density at radius 1 is 1.28 bits per heavy atom. The van der Waals surface area contributed by atoms with Crippen LogP contribution < -0.4 is 15.6 Å². The Morgan fingerprint density at radius 3 is 2.69 bits per heavy atom. The lowest BCUT2D eigenvalue weighted by Gasteiger charge is -2.24. The molecule has 5 rings (SSSR count). The normalized spacial score (nSPS) is 28.6. The first-order chi connectivity index (χ1) is 13.9. The topological polar surface area (TPSA) is 74.6 Å². The van der Waals surface area contributed by atoms with E-state index in [0.717, 1.165) is 36.2 Å². The molecule has 2 saturated heterocycles. The number of fused-ring (bicyclic) bond motifs is 2. The van der Waals surface area contributed by atoms with E-state index in [1.807, 2.05) is 0 Å². The maximum absolute atomic E-state index is 15.6. The lowest BCUT2D eigenvalue weighted by atomic mass is 9.94. The Hall–Kier alpha value is -2.55. The monoisotopic (exact) mass is 407 g/mol. The molecule has 2 aromatic rings. The smallest absolute Gasteiger partial charge is 0.341 e. The molecule has 9 heteroatoms. The number of nitrogens with zero attached hydrogens (tertiary/aromatic N) is 2. The molecule has 1 aliphatic carbocycles. The Morgan fingerprint density at radius 2 is 2.03 bits per heavy atom. The molecule has 0 amide bonds. The van der Waals surface area contributed by atoms with Gasteiger partial charge in [0.2, 0.25) is 5.43 Å². The maximum Gasteiger partial charge on any atom is 0.341 e. The van der Waals surface area contributed by atoms with Gasteiger partial charge in [-0.05, 0) is 31.4 Å². The number of benzene rings is 1. The van der Waals surface area contributed by atoms with Crippen LogP contribution in [0.4, 0.5) is 18.9 Å². The Bertz CT molecular complexity index is 1070. The summed E-state index contributed by atoms with van der Waals surface area (Å²) in [7, 11) is 0. The molecule has 0 bridgehead atoms. The molecule has 6 nitrogen and oxygen atoms in total. The van der Waals surface area contributed by atoms with Crippen LogP contribution in [-0.4, -0.2) is 47.5 Å². The predicted octanol–water partition coefficient (Wildman–Crippen LogP) is 2.45. The van der Waals surface area contributed by atoms with Crippen molar-refractivity contribution in [3.8, 4) is 0 Å². The number of anilines is 1. The number of carboxylic acids is 1. The maximum atomic E-state index is 15.6. The van der Waals surface area contributed by atoms with E-state index in [2.05, 4.69) is 5.32 Å². The second-order valence-corrected chi connectivity index (χ2v) is 8.19. The van der Waals surface area contributed by atoms with Gasteiger partial charge in [-0.2, -0.15) is 0 Å². The zero-order valence-electron chi connectivity index (χ0n) is 15.5. The number of hydrogen-bond acceptors (Lipinski definition) is 4. The fraction of sp³-hybridized carbons (Fsp3) is 0.500. The molecule has 1 aromatic carbocycles. The number of piperidine rings is 1. The molecule has 2 unspecified atom stereocenters. The van der Waals surface area contributed by atoms with E-state index in [9.17, 15) is 23.5 Å². The second-order valence-electron chi connectivity index (χ2n) is 8.19. The van der Waals surface area contributed by atoms with Crippen LogP contribution in [0.2, 0.25) is 0 Å². The van der Waals surface area contributed by atoms with E-state index in [-0.39, 0.29) is 35.0 Å². The van der Waals surface area contributed by atoms with Gasteiger partial charge in [0.1, 0.15) is 23.2 Å². The van der Waals surface area contributed by atoms with Gasteiger partial charge in [0.15, 0.2) is 5.82 Å². The molecule has 0 radical (unpaired) electrons. The number of alkyl halides is 1. The summed E-state index contributed by atoms with van der Waals surface area (Å²) in [4.78, 5) is 25.6. The zero-order chi connectivity index (χ0) is 20.4. The molecular weight excluding hydrogens is 387 g/mol. The average molecular weight is 407 g/mol. The highest BCUT2D eigenvalue weighted by Gasteiger charge is 2.42. The molecule has 2 aliphatic heterocycles. The first kappa shape index (κ1) is 18.5. The van der Waals surface area contributed by atoms with Gasteiger partial charge in [0.05, 0.1) is 16.9 Å². The standard InChI is InChI=1S/C20H20F3N3O3/c21-12-5-15(12)26-7-11(20(28)29)19(27)10-4-13(22)18(16(23)17(10)26)25-6-9-2-1-3-24-14(9)8-25/h4,7,9,12,14-15,24H,1-3,5-6,8H2,(H,28,29)/t9?,12-,14?,15+/m0/s1. The van der Waals surface area contributed by atoms with Gasteiger partial charge in [-0.1, -0.05) is 0 Å². The molecular formula is C20H20F3N3O3. The fourth-order valence-electron chi connectivity index (χ4n) is 4.80. The Labute approximate surface area is 163 Å². The number of carboxylic acid groups (broad SMARTS) is 1. The van der Waals surface area contributed by atoms with Crippen molar-refractivity contribution in [1.82, 2.24) is 9.88 Å². The number of halogens is 3. The van der Waals surface area contributed by atoms with Crippen molar-refractivity contribution < 1.29 is 23.1 Å².